The first kappa shape index (κ1) is 32.5. The molecule has 0 aliphatic rings. The molecule has 9 heteroatoms. The molecule has 0 aliphatic carbocycles. The summed E-state index contributed by atoms with van der Waals surface area (Å²) in [4.78, 5) is 18.0. The van der Waals surface area contributed by atoms with Gasteiger partial charge in [0.05, 0.1) is 6.23 Å². The Morgan fingerprint density at radius 3 is 1.66 bits per heavy atom. The van der Waals surface area contributed by atoms with Gasteiger partial charge >= 0.3 is 7.32 Å². The zero-order valence-electron chi connectivity index (χ0n) is 18.9. The van der Waals surface area contributed by atoms with E-state index in [-0.39, 0.29) is 0 Å². The van der Waals surface area contributed by atoms with Crippen LogP contribution in [0.2, 0.25) is 0 Å². The Hall–Kier alpha value is -1.16. The lowest BCUT2D eigenvalue weighted by molar-refractivity contribution is -0.135. The molecule has 0 aliphatic heterocycles. The van der Waals surface area contributed by atoms with Gasteiger partial charge in [-0.3, -0.25) is 9.59 Å². The highest BCUT2D eigenvalue weighted by Crippen LogP contribution is 2.08. The third-order valence-electron chi connectivity index (χ3n) is 3.64. The van der Waals surface area contributed by atoms with Gasteiger partial charge in [0.1, 0.15) is 0 Å². The van der Waals surface area contributed by atoms with Crippen LogP contribution in [0.1, 0.15) is 105 Å². The lowest BCUT2D eigenvalue weighted by Crippen LogP contribution is -2.34. The quantitative estimate of drug-likeness (QED) is 0.165. The maximum atomic E-state index is 9.58. The van der Waals surface area contributed by atoms with Crippen molar-refractivity contribution in [2.45, 2.75) is 111 Å². The summed E-state index contributed by atoms with van der Waals surface area (Å²) in [5.41, 5.74) is 5.81. The van der Waals surface area contributed by atoms with E-state index in [1.165, 1.54) is 51.4 Å². The first-order valence-electron chi connectivity index (χ1n) is 10.8. The smallest absolute Gasteiger partial charge is 0.481 e. The molecular weight excluding hydrogens is 377 g/mol. The Morgan fingerprint density at radius 1 is 0.828 bits per heavy atom. The zero-order chi connectivity index (χ0) is 22.9. The molecule has 0 rings (SSSR count). The molecular formula is C20H44BNO7. The summed E-state index contributed by atoms with van der Waals surface area (Å²) in [5.74, 6) is -1.67. The molecule has 0 saturated carbocycles. The molecule has 0 spiro atoms. The van der Waals surface area contributed by atoms with Crippen LogP contribution in [0.15, 0.2) is 0 Å². The summed E-state index contributed by atoms with van der Waals surface area (Å²) < 4.78 is 10.4. The minimum atomic E-state index is -1.17. The minimum absolute atomic E-state index is 0.425. The largest absolute Gasteiger partial charge is 0.637 e. The maximum Gasteiger partial charge on any atom is 0.637 e. The molecule has 8 nitrogen and oxygen atoms in total. The Balaban J connectivity index is -0.000000712. The van der Waals surface area contributed by atoms with Crippen molar-refractivity contribution < 1.29 is 34.1 Å². The van der Waals surface area contributed by atoms with Gasteiger partial charge in [0.15, 0.2) is 0 Å². The third-order valence-corrected chi connectivity index (χ3v) is 3.64. The van der Waals surface area contributed by atoms with Crippen molar-refractivity contribution in [2.24, 2.45) is 5.73 Å². The summed E-state index contributed by atoms with van der Waals surface area (Å²) in [6.45, 7) is 7.12. The van der Waals surface area contributed by atoms with Crippen LogP contribution in [0.3, 0.4) is 0 Å². The van der Waals surface area contributed by atoms with Crippen LogP contribution in [-0.4, -0.2) is 47.3 Å². The third kappa shape index (κ3) is 46.7. The molecule has 0 saturated heterocycles. The summed E-state index contributed by atoms with van der Waals surface area (Å²) >= 11 is 0. The Morgan fingerprint density at radius 2 is 1.21 bits per heavy atom. The fourth-order valence-electron chi connectivity index (χ4n) is 2.27. The van der Waals surface area contributed by atoms with Gasteiger partial charge in [-0.2, -0.15) is 0 Å². The molecule has 0 aromatic heterocycles. The zero-order valence-corrected chi connectivity index (χ0v) is 18.9. The number of carboxylic acid groups (broad SMARTS) is 2. The van der Waals surface area contributed by atoms with Gasteiger partial charge < -0.3 is 30.3 Å². The number of rotatable bonds is 16. The second-order valence-corrected chi connectivity index (χ2v) is 6.86. The summed E-state index contributed by atoms with van der Waals surface area (Å²) in [6, 6.07) is 0. The fourth-order valence-corrected chi connectivity index (χ4v) is 2.27. The molecule has 0 radical (unpaired) electrons. The van der Waals surface area contributed by atoms with Gasteiger partial charge in [-0.15, -0.1) is 0 Å². The number of aliphatic carboxylic acids is 2. The van der Waals surface area contributed by atoms with Crippen LogP contribution in [0.25, 0.3) is 0 Å². The second kappa shape index (κ2) is 26.8. The topological polar surface area (TPSA) is 139 Å². The van der Waals surface area contributed by atoms with Gasteiger partial charge in [-0.25, -0.2) is 0 Å². The van der Waals surface area contributed by atoms with E-state index in [0.29, 0.717) is 6.61 Å². The highest BCUT2D eigenvalue weighted by molar-refractivity contribution is 6.34. The average Bonchev–Trinajstić information content (AvgIpc) is 2.60. The highest BCUT2D eigenvalue weighted by atomic mass is 16.7. The van der Waals surface area contributed by atoms with Crippen LogP contribution in [0, 0.1) is 0 Å². The standard InChI is InChI=1S/C16H36BNO3.2C2H4O2/c1-3-5-7-9-11-13-15-20-17(19)21-16(18)14-12-10-8-6-4-2;2*1-2(3)4/h16,19H,3-15,18H2,1-2H3;2*1H3,(H,3,4). The van der Waals surface area contributed by atoms with E-state index in [0.717, 1.165) is 39.5 Å². The van der Waals surface area contributed by atoms with Gasteiger partial charge in [0.25, 0.3) is 11.9 Å². The first-order chi connectivity index (χ1) is 13.7. The number of hydrogen-bond acceptors (Lipinski definition) is 6. The van der Waals surface area contributed by atoms with E-state index in [1.807, 2.05) is 0 Å². The van der Waals surface area contributed by atoms with Crippen LogP contribution in [0.5, 0.6) is 0 Å². The van der Waals surface area contributed by atoms with Gasteiger partial charge in [-0.1, -0.05) is 71.6 Å². The van der Waals surface area contributed by atoms with Crippen molar-refractivity contribution in [3.8, 4) is 0 Å². The SMILES string of the molecule is CC(=O)O.CC(=O)O.CCCCCCCCOB(O)OC(N)CCCCCCC. The molecule has 0 bridgehead atoms. The van der Waals surface area contributed by atoms with Crippen molar-refractivity contribution in [3.63, 3.8) is 0 Å². The normalized spacial score (nSPS) is 10.8. The second-order valence-electron chi connectivity index (χ2n) is 6.86. The lowest BCUT2D eigenvalue weighted by Gasteiger charge is -2.15. The molecule has 5 N–H and O–H groups in total. The monoisotopic (exact) mass is 421 g/mol. The summed E-state index contributed by atoms with van der Waals surface area (Å²) in [6.07, 6.45) is 13.6. The minimum Gasteiger partial charge on any atom is -0.481 e. The lowest BCUT2D eigenvalue weighted by atomic mass is 10.1. The molecule has 1 unspecified atom stereocenters. The van der Waals surface area contributed by atoms with Crippen LogP contribution >= 0.6 is 0 Å². The van der Waals surface area contributed by atoms with E-state index in [2.05, 4.69) is 13.8 Å². The van der Waals surface area contributed by atoms with Crippen molar-refractivity contribution >= 4 is 19.3 Å². The van der Waals surface area contributed by atoms with E-state index in [1.54, 1.807) is 0 Å². The molecule has 0 amide bonds. The average molecular weight is 421 g/mol. The molecule has 174 valence electrons. The van der Waals surface area contributed by atoms with Gasteiger partial charge in [0.2, 0.25) is 0 Å². The maximum absolute atomic E-state index is 9.58. The number of carbonyl (C=O) groups is 2. The van der Waals surface area contributed by atoms with Gasteiger partial charge in [-0.05, 0) is 19.3 Å². The molecule has 0 aromatic carbocycles. The van der Waals surface area contributed by atoms with Crippen LogP contribution < -0.4 is 5.73 Å². The number of nitrogens with two attached hydrogens (primary N) is 1. The first-order valence-corrected chi connectivity index (χ1v) is 10.8. The molecule has 1 atom stereocenters. The highest BCUT2D eigenvalue weighted by Gasteiger charge is 2.19. The molecule has 0 fully saturated rings. The predicted octanol–water partition coefficient (Wildman–Crippen LogP) is 4.18. The number of carboxylic acids is 2. The summed E-state index contributed by atoms with van der Waals surface area (Å²) in [5, 5.41) is 24.4. The predicted molar refractivity (Wildman–Crippen MR) is 116 cm³/mol. The van der Waals surface area contributed by atoms with Crippen molar-refractivity contribution in [1.29, 1.82) is 0 Å². The van der Waals surface area contributed by atoms with Gasteiger partial charge in [0, 0.05) is 20.5 Å². The van der Waals surface area contributed by atoms with Crippen LogP contribution in [-0.2, 0) is 18.9 Å². The Labute approximate surface area is 177 Å². The van der Waals surface area contributed by atoms with Crippen molar-refractivity contribution in [2.75, 3.05) is 6.61 Å². The summed E-state index contributed by atoms with van der Waals surface area (Å²) in [7, 11) is -1.17. The van der Waals surface area contributed by atoms with E-state index in [9.17, 15) is 5.02 Å². The molecule has 0 aromatic rings. The molecule has 29 heavy (non-hydrogen) atoms. The van der Waals surface area contributed by atoms with Crippen LogP contribution in [0.4, 0.5) is 0 Å². The number of hydrogen-bond donors (Lipinski definition) is 4. The number of unbranched alkanes of at least 4 members (excludes halogenated alkanes) is 9. The van der Waals surface area contributed by atoms with Crippen molar-refractivity contribution in [3.05, 3.63) is 0 Å². The van der Waals surface area contributed by atoms with E-state index < -0.39 is 25.5 Å². The Kier molecular flexibility index (Phi) is 30.1. The van der Waals surface area contributed by atoms with E-state index in [4.69, 9.17) is 34.8 Å². The Bertz CT molecular complexity index is 340. The van der Waals surface area contributed by atoms with Crippen molar-refractivity contribution in [1.82, 2.24) is 0 Å². The van der Waals surface area contributed by atoms with E-state index >= 15 is 0 Å². The molecule has 0 heterocycles. The fraction of sp³-hybridized carbons (Fsp3) is 0.900.